The molecule has 0 radical (unpaired) electrons. The number of hydrogen-bond donors (Lipinski definition) is 0. The van der Waals surface area contributed by atoms with Crippen molar-refractivity contribution in [1.29, 1.82) is 0 Å². The molecule has 0 aliphatic carbocycles. The van der Waals surface area contributed by atoms with Gasteiger partial charge in [-0.25, -0.2) is 0 Å². The molecule has 0 spiro atoms. The lowest BCUT2D eigenvalue weighted by Gasteiger charge is -2.27. The molecule has 2 heterocycles. The normalized spacial score (nSPS) is 11.6. The Labute approximate surface area is 318 Å². The van der Waals surface area contributed by atoms with Gasteiger partial charge in [-0.3, -0.25) is 0 Å². The van der Waals surface area contributed by atoms with E-state index in [1.165, 1.54) is 43.7 Å². The predicted octanol–water partition coefficient (Wildman–Crippen LogP) is 14.6. The average molecular weight is 703 g/mol. The summed E-state index contributed by atoms with van der Waals surface area (Å²) in [5, 5.41) is 7.08. The number of benzene rings is 9. The fourth-order valence-electron chi connectivity index (χ4n) is 8.41. The number of furan rings is 1. The molecule has 3 nitrogen and oxygen atoms in total. The SMILES string of the molecule is c1ccc(-c2ccc3c(c2)c2ccccc2n3-c2cc(-c3ccc(N(c4ccccc4)c4cccc5ccccc45)cc3)c3oc4ccccc4c3c2)cc1. The van der Waals surface area contributed by atoms with Gasteiger partial charge in [0.1, 0.15) is 11.2 Å². The predicted molar refractivity (Wildman–Crippen MR) is 231 cm³/mol. The van der Waals surface area contributed by atoms with E-state index >= 15 is 0 Å². The van der Waals surface area contributed by atoms with E-state index in [1.807, 2.05) is 6.07 Å². The lowest BCUT2D eigenvalue weighted by atomic mass is 10.00. The van der Waals surface area contributed by atoms with Crippen LogP contribution in [0.4, 0.5) is 17.1 Å². The van der Waals surface area contributed by atoms with Crippen LogP contribution in [0.3, 0.4) is 0 Å². The van der Waals surface area contributed by atoms with Crippen LogP contribution >= 0.6 is 0 Å². The van der Waals surface area contributed by atoms with Gasteiger partial charge in [0.05, 0.1) is 16.7 Å². The summed E-state index contributed by atoms with van der Waals surface area (Å²) in [6.45, 7) is 0. The fourth-order valence-corrected chi connectivity index (χ4v) is 8.41. The third kappa shape index (κ3) is 5.13. The standard InChI is InChI=1S/C52H34N2O/c1-3-14-35(15-4-1)38-28-31-50-46(32-38)43-21-9-11-23-49(43)54(50)41-33-45(52-47(34-41)44-22-10-12-25-51(44)55-52)37-26-29-40(30-27-37)53(39-18-5-2-6-19-39)48-24-13-17-36-16-7-8-20-42(36)48/h1-34H. The number of para-hydroxylation sites is 3. The van der Waals surface area contributed by atoms with E-state index in [0.29, 0.717) is 0 Å². The fraction of sp³-hybridized carbons (Fsp3) is 0. The van der Waals surface area contributed by atoms with Crippen molar-refractivity contribution < 1.29 is 4.42 Å². The second-order valence-corrected chi connectivity index (χ2v) is 14.1. The summed E-state index contributed by atoms with van der Waals surface area (Å²) < 4.78 is 9.11. The highest BCUT2D eigenvalue weighted by Crippen LogP contribution is 2.43. The van der Waals surface area contributed by atoms with E-state index in [0.717, 1.165) is 55.8 Å². The Morgan fingerprint density at radius 1 is 0.382 bits per heavy atom. The summed E-state index contributed by atoms with van der Waals surface area (Å²) in [5.41, 5.74) is 13.1. The van der Waals surface area contributed by atoms with Gasteiger partial charge in [0, 0.05) is 49.6 Å². The molecule has 0 bridgehead atoms. The summed E-state index contributed by atoms with van der Waals surface area (Å²) in [7, 11) is 0. The smallest absolute Gasteiger partial charge is 0.143 e. The van der Waals surface area contributed by atoms with E-state index in [2.05, 4.69) is 210 Å². The van der Waals surface area contributed by atoms with Crippen molar-refractivity contribution in [3.8, 4) is 27.9 Å². The minimum Gasteiger partial charge on any atom is -0.455 e. The molecular weight excluding hydrogens is 669 g/mol. The Hall–Kier alpha value is -7.36. The molecule has 55 heavy (non-hydrogen) atoms. The van der Waals surface area contributed by atoms with Gasteiger partial charge in [0.15, 0.2) is 0 Å². The second kappa shape index (κ2) is 12.6. The first kappa shape index (κ1) is 31.2. The summed E-state index contributed by atoms with van der Waals surface area (Å²) in [6, 6.07) is 73.9. The number of rotatable bonds is 6. The number of anilines is 3. The quantitative estimate of drug-likeness (QED) is 0.172. The van der Waals surface area contributed by atoms with Gasteiger partial charge in [-0.05, 0) is 88.8 Å². The van der Waals surface area contributed by atoms with E-state index in [4.69, 9.17) is 4.42 Å². The van der Waals surface area contributed by atoms with Crippen LogP contribution < -0.4 is 4.90 Å². The van der Waals surface area contributed by atoms with Crippen molar-refractivity contribution in [2.45, 2.75) is 0 Å². The van der Waals surface area contributed by atoms with Crippen LogP contribution in [-0.4, -0.2) is 4.57 Å². The maximum Gasteiger partial charge on any atom is 0.143 e. The summed E-state index contributed by atoms with van der Waals surface area (Å²) in [6.07, 6.45) is 0. The monoisotopic (exact) mass is 702 g/mol. The van der Waals surface area contributed by atoms with E-state index in [9.17, 15) is 0 Å². The van der Waals surface area contributed by atoms with Crippen LogP contribution in [0.25, 0.3) is 82.5 Å². The third-order valence-corrected chi connectivity index (χ3v) is 11.0. The van der Waals surface area contributed by atoms with Crippen molar-refractivity contribution in [2.24, 2.45) is 0 Å². The van der Waals surface area contributed by atoms with Crippen molar-refractivity contribution in [3.63, 3.8) is 0 Å². The first-order chi connectivity index (χ1) is 27.3. The van der Waals surface area contributed by atoms with Crippen molar-refractivity contribution in [2.75, 3.05) is 4.90 Å². The topological polar surface area (TPSA) is 21.3 Å². The lowest BCUT2D eigenvalue weighted by molar-refractivity contribution is 0.670. The van der Waals surface area contributed by atoms with Crippen LogP contribution in [0.15, 0.2) is 211 Å². The zero-order valence-electron chi connectivity index (χ0n) is 29.9. The first-order valence-corrected chi connectivity index (χ1v) is 18.8. The molecule has 0 amide bonds. The molecule has 9 aromatic carbocycles. The molecule has 0 saturated heterocycles. The summed E-state index contributed by atoms with van der Waals surface area (Å²) >= 11 is 0. The van der Waals surface area contributed by atoms with E-state index in [1.54, 1.807) is 0 Å². The van der Waals surface area contributed by atoms with Gasteiger partial charge in [0.2, 0.25) is 0 Å². The first-order valence-electron chi connectivity index (χ1n) is 18.8. The maximum absolute atomic E-state index is 6.69. The highest BCUT2D eigenvalue weighted by Gasteiger charge is 2.20. The Kier molecular flexibility index (Phi) is 7.17. The number of nitrogens with zero attached hydrogens (tertiary/aromatic N) is 2. The molecule has 0 aliphatic rings. The zero-order chi connectivity index (χ0) is 36.3. The van der Waals surface area contributed by atoms with Crippen molar-refractivity contribution >= 4 is 71.6 Å². The highest BCUT2D eigenvalue weighted by molar-refractivity contribution is 6.13. The van der Waals surface area contributed by atoms with Gasteiger partial charge in [-0.15, -0.1) is 0 Å². The number of fused-ring (bicyclic) bond motifs is 7. The highest BCUT2D eigenvalue weighted by atomic mass is 16.3. The molecule has 0 saturated carbocycles. The maximum atomic E-state index is 6.69. The van der Waals surface area contributed by atoms with Crippen molar-refractivity contribution in [3.05, 3.63) is 206 Å². The lowest BCUT2D eigenvalue weighted by Crippen LogP contribution is -2.10. The van der Waals surface area contributed by atoms with Crippen LogP contribution in [0.1, 0.15) is 0 Å². The van der Waals surface area contributed by atoms with Crippen LogP contribution in [0, 0.1) is 0 Å². The van der Waals surface area contributed by atoms with Gasteiger partial charge >= 0.3 is 0 Å². The van der Waals surface area contributed by atoms with Gasteiger partial charge in [-0.2, -0.15) is 0 Å². The average Bonchev–Trinajstić information content (AvgIpc) is 3.80. The third-order valence-electron chi connectivity index (χ3n) is 11.0. The zero-order valence-corrected chi connectivity index (χ0v) is 29.9. The Morgan fingerprint density at radius 2 is 1.02 bits per heavy atom. The molecule has 0 aliphatic heterocycles. The molecule has 0 atom stereocenters. The molecule has 0 unspecified atom stereocenters. The molecule has 11 aromatic rings. The van der Waals surface area contributed by atoms with Gasteiger partial charge < -0.3 is 13.9 Å². The molecular formula is C52H34N2O. The second-order valence-electron chi connectivity index (χ2n) is 14.1. The Balaban J connectivity index is 1.11. The molecule has 0 fully saturated rings. The molecule has 2 aromatic heterocycles. The van der Waals surface area contributed by atoms with Crippen LogP contribution in [0.5, 0.6) is 0 Å². The van der Waals surface area contributed by atoms with Crippen LogP contribution in [0.2, 0.25) is 0 Å². The molecule has 258 valence electrons. The largest absolute Gasteiger partial charge is 0.455 e. The van der Waals surface area contributed by atoms with Crippen LogP contribution in [-0.2, 0) is 0 Å². The Bertz CT molecular complexity index is 3190. The van der Waals surface area contributed by atoms with Crippen molar-refractivity contribution in [1.82, 2.24) is 4.57 Å². The minimum absolute atomic E-state index is 0.883. The van der Waals surface area contributed by atoms with Gasteiger partial charge in [-0.1, -0.05) is 140 Å². The number of hydrogen-bond acceptors (Lipinski definition) is 2. The Morgan fingerprint density at radius 3 is 1.85 bits per heavy atom. The molecule has 11 rings (SSSR count). The van der Waals surface area contributed by atoms with E-state index in [-0.39, 0.29) is 0 Å². The van der Waals surface area contributed by atoms with Gasteiger partial charge in [0.25, 0.3) is 0 Å². The van der Waals surface area contributed by atoms with E-state index < -0.39 is 0 Å². The minimum atomic E-state index is 0.883. The summed E-state index contributed by atoms with van der Waals surface area (Å²) in [5.74, 6) is 0. The number of aromatic nitrogens is 1. The summed E-state index contributed by atoms with van der Waals surface area (Å²) in [4.78, 5) is 2.35. The molecule has 3 heteroatoms. The molecule has 0 N–H and O–H groups in total.